The Balaban J connectivity index is 1.91. The van der Waals surface area contributed by atoms with E-state index in [9.17, 15) is 5.11 Å². The molecule has 2 rings (SSSR count). The Morgan fingerprint density at radius 1 is 1.25 bits per heavy atom. The first-order valence-electron chi connectivity index (χ1n) is 7.92. The van der Waals surface area contributed by atoms with Crippen molar-refractivity contribution in [1.82, 2.24) is 0 Å². The molecule has 20 heavy (non-hydrogen) atoms. The van der Waals surface area contributed by atoms with E-state index in [0.717, 1.165) is 37.7 Å². The summed E-state index contributed by atoms with van der Waals surface area (Å²) in [6, 6.07) is 10.8. The fourth-order valence-corrected chi connectivity index (χ4v) is 3.15. The van der Waals surface area contributed by atoms with Gasteiger partial charge in [0.2, 0.25) is 0 Å². The first-order valence-corrected chi connectivity index (χ1v) is 7.92. The first kappa shape index (κ1) is 15.1. The minimum absolute atomic E-state index is 0.235. The molecule has 0 aliphatic heterocycles. The number of rotatable bonds is 6. The van der Waals surface area contributed by atoms with Crippen molar-refractivity contribution in [1.29, 1.82) is 5.26 Å². The summed E-state index contributed by atoms with van der Waals surface area (Å²) in [5.74, 6) is 0.769. The topological polar surface area (TPSA) is 44.0 Å². The molecule has 1 saturated carbocycles. The zero-order valence-electron chi connectivity index (χ0n) is 12.4. The van der Waals surface area contributed by atoms with Crippen LogP contribution in [0.1, 0.15) is 75.0 Å². The summed E-state index contributed by atoms with van der Waals surface area (Å²) in [7, 11) is 0. The van der Waals surface area contributed by atoms with Crippen molar-refractivity contribution in [3.05, 3.63) is 35.4 Å². The smallest absolute Gasteiger partial charge is 0.0790 e. The molecule has 2 nitrogen and oxygen atoms in total. The van der Waals surface area contributed by atoms with E-state index >= 15 is 0 Å². The summed E-state index contributed by atoms with van der Waals surface area (Å²) in [5, 5.41) is 19.1. The average Bonchev–Trinajstić information content (AvgIpc) is 2.96. The first-order chi connectivity index (χ1) is 9.74. The number of aliphatic hydroxyl groups excluding tert-OH is 1. The minimum Gasteiger partial charge on any atom is -0.388 e. The van der Waals surface area contributed by atoms with Crippen LogP contribution in [0.2, 0.25) is 0 Å². The van der Waals surface area contributed by atoms with Crippen LogP contribution < -0.4 is 0 Å². The number of hydrogen-bond acceptors (Lipinski definition) is 2. The fraction of sp³-hybridized carbons (Fsp3) is 0.611. The largest absolute Gasteiger partial charge is 0.388 e. The third-order valence-electron chi connectivity index (χ3n) is 4.49. The van der Waals surface area contributed by atoms with E-state index in [-0.39, 0.29) is 12.0 Å². The van der Waals surface area contributed by atoms with Crippen molar-refractivity contribution in [2.24, 2.45) is 5.92 Å². The van der Waals surface area contributed by atoms with Gasteiger partial charge in [0, 0.05) is 5.92 Å². The maximum absolute atomic E-state index is 10.1. The molecule has 2 heteroatoms. The van der Waals surface area contributed by atoms with Crippen LogP contribution in [0.4, 0.5) is 0 Å². The summed E-state index contributed by atoms with van der Waals surface area (Å²) in [6.07, 6.45) is 7.14. The minimum atomic E-state index is -0.328. The van der Waals surface area contributed by atoms with Crippen LogP contribution in [-0.2, 0) is 0 Å². The van der Waals surface area contributed by atoms with Crippen LogP contribution in [0.15, 0.2) is 24.3 Å². The lowest BCUT2D eigenvalue weighted by atomic mass is 9.94. The summed E-state index contributed by atoms with van der Waals surface area (Å²) in [6.45, 7) is 2.18. The molecule has 3 atom stereocenters. The van der Waals surface area contributed by atoms with Crippen LogP contribution in [0.5, 0.6) is 0 Å². The second-order valence-corrected chi connectivity index (χ2v) is 6.01. The van der Waals surface area contributed by atoms with E-state index in [1.807, 2.05) is 0 Å². The lowest BCUT2D eigenvalue weighted by molar-refractivity contribution is 0.163. The molecule has 1 aromatic carbocycles. The van der Waals surface area contributed by atoms with E-state index in [0.29, 0.717) is 5.92 Å². The van der Waals surface area contributed by atoms with Gasteiger partial charge in [0.15, 0.2) is 0 Å². The number of hydrogen-bond donors (Lipinski definition) is 1. The van der Waals surface area contributed by atoms with Crippen LogP contribution in [0.25, 0.3) is 0 Å². The third-order valence-corrected chi connectivity index (χ3v) is 4.49. The average molecular weight is 271 g/mol. The predicted octanol–water partition coefficient (Wildman–Crippen LogP) is 4.71. The molecule has 1 aliphatic rings. The Labute approximate surface area is 122 Å². The Morgan fingerprint density at radius 3 is 2.60 bits per heavy atom. The second-order valence-electron chi connectivity index (χ2n) is 6.01. The van der Waals surface area contributed by atoms with Crippen molar-refractivity contribution < 1.29 is 5.11 Å². The number of benzene rings is 1. The van der Waals surface area contributed by atoms with Crippen LogP contribution >= 0.6 is 0 Å². The molecule has 0 radical (unpaired) electrons. The van der Waals surface area contributed by atoms with Gasteiger partial charge in [-0.2, -0.15) is 5.26 Å². The summed E-state index contributed by atoms with van der Waals surface area (Å²) >= 11 is 0. The van der Waals surface area contributed by atoms with E-state index in [2.05, 4.69) is 37.3 Å². The Hall–Kier alpha value is -1.33. The van der Waals surface area contributed by atoms with Gasteiger partial charge < -0.3 is 5.11 Å². The molecular formula is C18H25NO. The van der Waals surface area contributed by atoms with Crippen LogP contribution in [0, 0.1) is 17.2 Å². The highest BCUT2D eigenvalue weighted by Crippen LogP contribution is 2.38. The van der Waals surface area contributed by atoms with Gasteiger partial charge in [0.1, 0.15) is 0 Å². The monoisotopic (exact) mass is 271 g/mol. The number of aliphatic hydroxyl groups is 1. The molecule has 108 valence electrons. The highest BCUT2D eigenvalue weighted by atomic mass is 16.3. The molecule has 0 saturated heterocycles. The van der Waals surface area contributed by atoms with Crippen molar-refractivity contribution in [2.45, 2.75) is 63.9 Å². The highest BCUT2D eigenvalue weighted by Gasteiger charge is 2.25. The van der Waals surface area contributed by atoms with Gasteiger partial charge >= 0.3 is 0 Å². The molecule has 0 bridgehead atoms. The number of nitrogens with zero attached hydrogens (tertiary/aromatic N) is 1. The van der Waals surface area contributed by atoms with Crippen LogP contribution in [-0.4, -0.2) is 5.11 Å². The molecule has 0 amide bonds. The van der Waals surface area contributed by atoms with Gasteiger partial charge in [0.25, 0.3) is 0 Å². The zero-order valence-corrected chi connectivity index (χ0v) is 12.4. The molecule has 0 heterocycles. The number of unbranched alkanes of at least 4 members (excludes halogenated alkanes) is 2. The lowest BCUT2D eigenvalue weighted by Crippen LogP contribution is -1.99. The zero-order chi connectivity index (χ0) is 14.4. The van der Waals surface area contributed by atoms with Crippen LogP contribution in [0.3, 0.4) is 0 Å². The van der Waals surface area contributed by atoms with Crippen molar-refractivity contribution in [3.8, 4) is 6.07 Å². The molecule has 0 aromatic heterocycles. The Bertz CT molecular complexity index is 445. The van der Waals surface area contributed by atoms with Gasteiger partial charge in [0.05, 0.1) is 12.2 Å². The third kappa shape index (κ3) is 3.84. The van der Waals surface area contributed by atoms with Crippen molar-refractivity contribution in [3.63, 3.8) is 0 Å². The molecule has 0 spiro atoms. The van der Waals surface area contributed by atoms with Gasteiger partial charge in [-0.15, -0.1) is 0 Å². The second kappa shape index (κ2) is 7.45. The molecular weight excluding hydrogens is 246 g/mol. The van der Waals surface area contributed by atoms with Gasteiger partial charge in [-0.05, 0) is 42.7 Å². The molecule has 1 aromatic rings. The molecule has 1 N–H and O–H groups in total. The Kier molecular flexibility index (Phi) is 5.61. The van der Waals surface area contributed by atoms with E-state index < -0.39 is 0 Å². The van der Waals surface area contributed by atoms with Gasteiger partial charge in [-0.3, -0.25) is 0 Å². The van der Waals surface area contributed by atoms with Crippen molar-refractivity contribution in [2.75, 3.05) is 0 Å². The Morgan fingerprint density at radius 2 is 2.00 bits per heavy atom. The lowest BCUT2D eigenvalue weighted by Gasteiger charge is -2.14. The molecule has 1 fully saturated rings. The summed E-state index contributed by atoms with van der Waals surface area (Å²) in [5.41, 5.74) is 2.35. The SMILES string of the molecule is CCCCCC(O)c1ccc(C2CCC(C#N)C2)cc1. The van der Waals surface area contributed by atoms with Crippen molar-refractivity contribution >= 4 is 0 Å². The standard InChI is InChI=1S/C18H25NO/c1-2-3-4-5-18(20)16-10-8-15(9-11-16)17-7-6-14(12-17)13-19/h8-11,14,17-18,20H,2-7,12H2,1H3. The molecule has 3 unspecified atom stereocenters. The molecule has 1 aliphatic carbocycles. The van der Waals surface area contributed by atoms with E-state index in [1.54, 1.807) is 0 Å². The maximum atomic E-state index is 10.1. The maximum Gasteiger partial charge on any atom is 0.0790 e. The van der Waals surface area contributed by atoms with E-state index in [4.69, 9.17) is 5.26 Å². The predicted molar refractivity (Wildman–Crippen MR) is 81.2 cm³/mol. The van der Waals surface area contributed by atoms with Gasteiger partial charge in [-0.1, -0.05) is 50.5 Å². The van der Waals surface area contributed by atoms with E-state index in [1.165, 1.54) is 18.4 Å². The van der Waals surface area contributed by atoms with Gasteiger partial charge in [-0.25, -0.2) is 0 Å². The fourth-order valence-electron chi connectivity index (χ4n) is 3.15. The number of nitriles is 1. The normalized spacial score (nSPS) is 23.4. The summed E-state index contributed by atoms with van der Waals surface area (Å²) in [4.78, 5) is 0. The highest BCUT2D eigenvalue weighted by molar-refractivity contribution is 5.27. The quantitative estimate of drug-likeness (QED) is 0.762. The summed E-state index contributed by atoms with van der Waals surface area (Å²) < 4.78 is 0.